The van der Waals surface area contributed by atoms with Gasteiger partial charge in [0.1, 0.15) is 0 Å². The predicted molar refractivity (Wildman–Crippen MR) is 119 cm³/mol. The third-order valence-electron chi connectivity index (χ3n) is 6.99. The maximum Gasteiger partial charge on any atom is 0.416 e. The maximum atomic E-state index is 13.3. The zero-order valence-corrected chi connectivity index (χ0v) is 20.3. The Kier molecular flexibility index (Phi) is 7.03. The molecule has 4 rings (SSSR count). The third-order valence-corrected chi connectivity index (χ3v) is 8.88. The van der Waals surface area contributed by atoms with Gasteiger partial charge in [0.05, 0.1) is 28.3 Å². The highest BCUT2D eigenvalue weighted by molar-refractivity contribution is 7.89. The van der Waals surface area contributed by atoms with Gasteiger partial charge >= 0.3 is 6.18 Å². The van der Waals surface area contributed by atoms with Crippen LogP contribution in [-0.2, 0) is 25.7 Å². The lowest BCUT2D eigenvalue weighted by molar-refractivity contribution is -0.137. The smallest absolute Gasteiger partial charge is 0.376 e. The summed E-state index contributed by atoms with van der Waals surface area (Å²) in [6, 6.07) is 3.50. The minimum absolute atomic E-state index is 0.0124. The molecule has 1 N–H and O–H groups in total. The molecule has 1 spiro atoms. The van der Waals surface area contributed by atoms with Crippen LogP contribution >= 0.6 is 0 Å². The van der Waals surface area contributed by atoms with Crippen LogP contribution in [0.2, 0.25) is 0 Å². The van der Waals surface area contributed by atoms with E-state index in [4.69, 9.17) is 4.74 Å². The quantitative estimate of drug-likeness (QED) is 0.645. The van der Waals surface area contributed by atoms with Gasteiger partial charge in [-0.2, -0.15) is 17.5 Å². The fraction of sp³-hybridized carbons (Fsp3) is 0.696. The summed E-state index contributed by atoms with van der Waals surface area (Å²) >= 11 is 0. The highest BCUT2D eigenvalue weighted by atomic mass is 32.2. The summed E-state index contributed by atoms with van der Waals surface area (Å²) in [6.45, 7) is 5.44. The number of piperidine rings is 1. The summed E-state index contributed by atoms with van der Waals surface area (Å²) in [4.78, 5) is 14.8. The largest absolute Gasteiger partial charge is 0.416 e. The molecule has 34 heavy (non-hydrogen) atoms. The second-order valence-electron chi connectivity index (χ2n) is 9.87. The number of benzene rings is 1. The number of halogens is 3. The Labute approximate surface area is 198 Å². The molecule has 1 amide bonds. The Morgan fingerprint density at radius 1 is 1.24 bits per heavy atom. The molecule has 3 heterocycles. The van der Waals surface area contributed by atoms with Gasteiger partial charge in [0, 0.05) is 26.2 Å². The molecule has 1 aromatic carbocycles. The molecule has 0 radical (unpaired) electrons. The lowest BCUT2D eigenvalue weighted by Gasteiger charge is -2.44. The van der Waals surface area contributed by atoms with Crippen LogP contribution in [0.3, 0.4) is 0 Å². The van der Waals surface area contributed by atoms with Crippen LogP contribution in [0, 0.1) is 5.92 Å². The molecule has 3 aliphatic rings. The number of hydrogen-bond acceptors (Lipinski definition) is 5. The van der Waals surface area contributed by atoms with Gasteiger partial charge in [-0.15, -0.1) is 0 Å². The van der Waals surface area contributed by atoms with Crippen LogP contribution in [0.5, 0.6) is 0 Å². The number of carbonyl (C=O) groups excluding carboxylic acids is 1. The summed E-state index contributed by atoms with van der Waals surface area (Å²) in [5.74, 6) is 0.320. The van der Waals surface area contributed by atoms with Gasteiger partial charge in [-0.3, -0.25) is 10.1 Å². The highest BCUT2D eigenvalue weighted by Gasteiger charge is 2.53. The molecule has 0 bridgehead atoms. The van der Waals surface area contributed by atoms with Gasteiger partial charge in [-0.05, 0) is 56.2 Å². The van der Waals surface area contributed by atoms with Gasteiger partial charge in [0.2, 0.25) is 15.9 Å². The molecular weight excluding hydrogens is 471 g/mol. The molecule has 1 aromatic rings. The number of nitrogens with one attached hydrogen (secondary N) is 1. The molecule has 0 aromatic heterocycles. The number of rotatable bonds is 6. The number of amides is 1. The molecule has 0 aliphatic carbocycles. The van der Waals surface area contributed by atoms with E-state index in [2.05, 4.69) is 19.2 Å². The summed E-state index contributed by atoms with van der Waals surface area (Å²) in [7, 11) is -4.10. The van der Waals surface area contributed by atoms with E-state index in [0.29, 0.717) is 44.4 Å². The average molecular weight is 504 g/mol. The molecular formula is C23H32F3N3O4S. The number of ether oxygens (including phenoxy) is 1. The first kappa shape index (κ1) is 25.4. The molecule has 7 nitrogen and oxygen atoms in total. The van der Waals surface area contributed by atoms with E-state index >= 15 is 0 Å². The Morgan fingerprint density at radius 2 is 1.94 bits per heavy atom. The highest BCUT2D eigenvalue weighted by Crippen LogP contribution is 2.37. The number of sulfonamides is 1. The summed E-state index contributed by atoms with van der Waals surface area (Å²) in [6.07, 6.45) is -1.44. The predicted octanol–water partition coefficient (Wildman–Crippen LogP) is 3.21. The van der Waals surface area contributed by atoms with Crippen LogP contribution in [0.15, 0.2) is 29.2 Å². The van der Waals surface area contributed by atoms with Crippen LogP contribution in [0.4, 0.5) is 13.2 Å². The third kappa shape index (κ3) is 4.98. The summed E-state index contributed by atoms with van der Waals surface area (Å²) in [5.41, 5.74) is -1.67. The first-order chi connectivity index (χ1) is 15.9. The van der Waals surface area contributed by atoms with E-state index < -0.39 is 27.4 Å². The van der Waals surface area contributed by atoms with Crippen molar-refractivity contribution in [1.82, 2.24) is 14.5 Å². The number of carbonyl (C=O) groups is 1. The van der Waals surface area contributed by atoms with E-state index in [1.807, 2.05) is 4.90 Å². The number of nitrogens with zero attached hydrogens (tertiary/aromatic N) is 2. The maximum absolute atomic E-state index is 13.3. The minimum atomic E-state index is -4.63. The second kappa shape index (κ2) is 9.40. The van der Waals surface area contributed by atoms with E-state index in [0.717, 1.165) is 25.0 Å². The van der Waals surface area contributed by atoms with Crippen LogP contribution in [0.25, 0.3) is 0 Å². The van der Waals surface area contributed by atoms with Crippen molar-refractivity contribution in [1.29, 1.82) is 0 Å². The van der Waals surface area contributed by atoms with Crippen molar-refractivity contribution in [2.75, 3.05) is 26.2 Å². The summed E-state index contributed by atoms with van der Waals surface area (Å²) in [5, 5.41) is 3.50. The zero-order chi connectivity index (χ0) is 24.7. The molecule has 3 fully saturated rings. The second-order valence-corrected chi connectivity index (χ2v) is 11.8. The number of alkyl halides is 3. The van der Waals surface area contributed by atoms with Crippen molar-refractivity contribution in [3.05, 3.63) is 29.8 Å². The average Bonchev–Trinajstić information content (AvgIpc) is 3.37. The van der Waals surface area contributed by atoms with E-state index in [1.165, 1.54) is 10.4 Å². The van der Waals surface area contributed by atoms with Crippen LogP contribution < -0.4 is 5.32 Å². The SMILES string of the molecule is CC(C)CC1NC2(CCN(S(=O)(=O)c3cccc(C(F)(F)F)c3)CC2)N(CC2CCCO2)C1=O. The Morgan fingerprint density at radius 3 is 2.53 bits per heavy atom. The van der Waals surface area contributed by atoms with Crippen molar-refractivity contribution in [3.63, 3.8) is 0 Å². The van der Waals surface area contributed by atoms with Gasteiger partial charge in [-0.1, -0.05) is 19.9 Å². The molecule has 2 atom stereocenters. The number of hydrogen-bond donors (Lipinski definition) is 1. The van der Waals surface area contributed by atoms with E-state index in [-0.39, 0.29) is 36.0 Å². The normalized spacial score (nSPS) is 26.2. The first-order valence-corrected chi connectivity index (χ1v) is 13.2. The van der Waals surface area contributed by atoms with Crippen molar-refractivity contribution in [3.8, 4) is 0 Å². The lowest BCUT2D eigenvalue weighted by atomic mass is 9.96. The van der Waals surface area contributed by atoms with E-state index in [9.17, 15) is 26.4 Å². The standard InChI is InChI=1S/C23H32F3N3O4S/c1-16(2)13-20-21(30)29(15-18-6-4-12-33-18)22(27-20)8-10-28(11-9-22)34(31,32)19-7-3-5-17(14-19)23(24,25)26/h3,5,7,14,16,18,20,27H,4,6,8-13,15H2,1-2H3. The van der Waals surface area contributed by atoms with Crippen LogP contribution in [0.1, 0.15) is 51.5 Å². The zero-order valence-electron chi connectivity index (χ0n) is 19.5. The van der Waals surface area contributed by atoms with Crippen molar-refractivity contribution < 1.29 is 31.1 Å². The first-order valence-electron chi connectivity index (χ1n) is 11.8. The fourth-order valence-corrected chi connectivity index (χ4v) is 6.73. The van der Waals surface area contributed by atoms with Crippen LogP contribution in [-0.4, -0.2) is 67.6 Å². The molecule has 2 unspecified atom stereocenters. The Bertz CT molecular complexity index is 1000. The fourth-order valence-electron chi connectivity index (χ4n) is 5.24. The monoisotopic (exact) mass is 503 g/mol. The molecule has 3 saturated heterocycles. The lowest BCUT2D eigenvalue weighted by Crippen LogP contribution is -2.60. The topological polar surface area (TPSA) is 79.0 Å². The van der Waals surface area contributed by atoms with Gasteiger partial charge in [0.25, 0.3) is 0 Å². The molecule has 11 heteroatoms. The van der Waals surface area contributed by atoms with Gasteiger partial charge in [0.15, 0.2) is 0 Å². The van der Waals surface area contributed by atoms with Crippen molar-refractivity contribution in [2.24, 2.45) is 5.92 Å². The van der Waals surface area contributed by atoms with Crippen molar-refractivity contribution in [2.45, 2.75) is 74.8 Å². The van der Waals surface area contributed by atoms with Gasteiger partial charge in [-0.25, -0.2) is 8.42 Å². The Hall–Kier alpha value is -1.69. The Balaban J connectivity index is 1.53. The molecule has 190 valence electrons. The van der Waals surface area contributed by atoms with Crippen molar-refractivity contribution >= 4 is 15.9 Å². The molecule has 3 aliphatic heterocycles. The van der Waals surface area contributed by atoms with Gasteiger partial charge < -0.3 is 9.64 Å². The molecule has 0 saturated carbocycles. The summed E-state index contributed by atoms with van der Waals surface area (Å²) < 4.78 is 72.6. The minimum Gasteiger partial charge on any atom is -0.376 e. The van der Waals surface area contributed by atoms with E-state index in [1.54, 1.807) is 0 Å².